The second-order valence-electron chi connectivity index (χ2n) is 5.07. The number of sulfonamides is 1. The van der Waals surface area contributed by atoms with Gasteiger partial charge in [0.05, 0.1) is 18.2 Å². The highest BCUT2D eigenvalue weighted by Crippen LogP contribution is 2.27. The van der Waals surface area contributed by atoms with Crippen LogP contribution in [0.4, 0.5) is 10.2 Å². The Bertz CT molecular complexity index is 785. The Kier molecular flexibility index (Phi) is 4.41. The zero-order valence-electron chi connectivity index (χ0n) is 12.8. The number of hydrogen-bond donors (Lipinski definition) is 1. The predicted molar refractivity (Wildman–Crippen MR) is 81.1 cm³/mol. The molecule has 0 fully saturated rings. The monoisotopic (exact) mass is 327 g/mol. The van der Waals surface area contributed by atoms with Crippen molar-refractivity contribution < 1.29 is 17.5 Å². The van der Waals surface area contributed by atoms with Crippen molar-refractivity contribution in [2.45, 2.75) is 31.7 Å². The number of halogens is 1. The van der Waals surface area contributed by atoms with E-state index in [4.69, 9.17) is 4.74 Å². The van der Waals surface area contributed by atoms with Crippen LogP contribution in [0.3, 0.4) is 0 Å². The molecule has 0 unspecified atom stereocenters. The average molecular weight is 327 g/mol. The van der Waals surface area contributed by atoms with Gasteiger partial charge in [-0.25, -0.2) is 17.5 Å². The van der Waals surface area contributed by atoms with Crippen molar-refractivity contribution in [2.24, 2.45) is 0 Å². The fourth-order valence-corrected chi connectivity index (χ4v) is 3.38. The molecule has 1 aromatic carbocycles. The van der Waals surface area contributed by atoms with E-state index in [2.05, 4.69) is 9.82 Å². The van der Waals surface area contributed by atoms with Crippen LogP contribution in [0.5, 0.6) is 5.75 Å². The predicted octanol–water partition coefficient (Wildman–Crippen LogP) is 2.72. The molecule has 2 rings (SSSR count). The topological polar surface area (TPSA) is 73.2 Å². The Morgan fingerprint density at radius 1 is 1.32 bits per heavy atom. The van der Waals surface area contributed by atoms with Crippen LogP contribution in [-0.4, -0.2) is 25.3 Å². The zero-order chi connectivity index (χ0) is 16.5. The molecule has 0 atom stereocenters. The van der Waals surface area contributed by atoms with Gasteiger partial charge in [-0.15, -0.1) is 0 Å². The van der Waals surface area contributed by atoms with E-state index in [0.29, 0.717) is 5.82 Å². The van der Waals surface area contributed by atoms with Crippen LogP contribution in [-0.2, 0) is 10.0 Å². The van der Waals surface area contributed by atoms with Crippen molar-refractivity contribution in [1.29, 1.82) is 0 Å². The number of nitrogens with zero attached hydrogens (tertiary/aromatic N) is 2. The van der Waals surface area contributed by atoms with Gasteiger partial charge < -0.3 is 4.74 Å². The minimum atomic E-state index is -3.92. The maximum absolute atomic E-state index is 14.0. The summed E-state index contributed by atoms with van der Waals surface area (Å²) in [6.45, 7) is 5.15. The summed E-state index contributed by atoms with van der Waals surface area (Å²) in [5, 5.41) is 4.06. The average Bonchev–Trinajstić information content (AvgIpc) is 2.89. The van der Waals surface area contributed by atoms with Gasteiger partial charge in [0.2, 0.25) is 0 Å². The summed E-state index contributed by atoms with van der Waals surface area (Å²) in [6, 6.07) is 4.14. The van der Waals surface area contributed by atoms with E-state index in [0.717, 1.165) is 0 Å². The van der Waals surface area contributed by atoms with Gasteiger partial charge >= 0.3 is 0 Å². The van der Waals surface area contributed by atoms with E-state index in [1.54, 1.807) is 6.07 Å². The number of ether oxygens (including phenoxy) is 1. The Morgan fingerprint density at radius 3 is 2.59 bits per heavy atom. The number of rotatable bonds is 5. The first-order chi connectivity index (χ1) is 10.3. The fourth-order valence-electron chi connectivity index (χ4n) is 2.09. The number of hydrogen-bond acceptors (Lipinski definition) is 4. The summed E-state index contributed by atoms with van der Waals surface area (Å²) in [4.78, 5) is -0.137. The minimum absolute atomic E-state index is 0.00228. The molecule has 1 aromatic heterocycles. The molecule has 120 valence electrons. The maximum Gasteiger partial charge on any atom is 0.263 e. The van der Waals surface area contributed by atoms with E-state index in [9.17, 15) is 12.8 Å². The Labute approximate surface area is 129 Å². The lowest BCUT2D eigenvalue weighted by molar-refractivity contribution is 0.384. The van der Waals surface area contributed by atoms with Crippen molar-refractivity contribution in [1.82, 2.24) is 9.78 Å². The highest BCUT2D eigenvalue weighted by molar-refractivity contribution is 7.92. The van der Waals surface area contributed by atoms with Gasteiger partial charge in [-0.05, 0) is 32.9 Å². The van der Waals surface area contributed by atoms with Gasteiger partial charge in [-0.3, -0.25) is 4.72 Å². The van der Waals surface area contributed by atoms with Crippen LogP contribution in [0.15, 0.2) is 29.3 Å². The Morgan fingerprint density at radius 2 is 2.00 bits per heavy atom. The highest BCUT2D eigenvalue weighted by Gasteiger charge is 2.22. The zero-order valence-corrected chi connectivity index (χ0v) is 13.6. The molecule has 22 heavy (non-hydrogen) atoms. The van der Waals surface area contributed by atoms with Gasteiger partial charge in [-0.1, -0.05) is 0 Å². The van der Waals surface area contributed by atoms with Crippen molar-refractivity contribution in [2.75, 3.05) is 11.8 Å². The maximum atomic E-state index is 14.0. The number of nitrogens with one attached hydrogen (secondary N) is 1. The lowest BCUT2D eigenvalue weighted by Gasteiger charge is -2.15. The van der Waals surface area contributed by atoms with Gasteiger partial charge in [0, 0.05) is 17.7 Å². The van der Waals surface area contributed by atoms with Crippen molar-refractivity contribution in [3.05, 3.63) is 35.8 Å². The molecule has 8 heteroatoms. The summed E-state index contributed by atoms with van der Waals surface area (Å²) in [7, 11) is -2.60. The summed E-state index contributed by atoms with van der Waals surface area (Å²) in [5.41, 5.74) is 0.00228. The molecule has 1 heterocycles. The molecule has 0 saturated carbocycles. The minimum Gasteiger partial charge on any atom is -0.494 e. The molecule has 0 bridgehead atoms. The molecule has 0 aliphatic carbocycles. The number of methoxy groups -OCH3 is 1. The molecule has 0 spiro atoms. The summed E-state index contributed by atoms with van der Waals surface area (Å²) < 4.78 is 47.8. The number of benzene rings is 1. The number of aromatic nitrogens is 2. The molecule has 0 saturated heterocycles. The largest absolute Gasteiger partial charge is 0.494 e. The molecule has 0 aliphatic heterocycles. The van der Waals surface area contributed by atoms with Crippen LogP contribution in [0, 0.1) is 12.7 Å². The third-order valence-electron chi connectivity index (χ3n) is 3.21. The van der Waals surface area contributed by atoms with Gasteiger partial charge in [0.1, 0.15) is 5.82 Å². The third kappa shape index (κ3) is 2.92. The Hall–Kier alpha value is -2.09. The van der Waals surface area contributed by atoms with Gasteiger partial charge in [0.25, 0.3) is 10.0 Å². The molecule has 0 amide bonds. The number of anilines is 1. The molecular formula is C14H18FN3O3S. The second-order valence-corrected chi connectivity index (χ2v) is 6.72. The van der Waals surface area contributed by atoms with Crippen LogP contribution in [0.1, 0.15) is 25.5 Å². The van der Waals surface area contributed by atoms with E-state index in [1.165, 1.54) is 37.0 Å². The van der Waals surface area contributed by atoms with Gasteiger partial charge in [0.15, 0.2) is 11.6 Å². The van der Waals surface area contributed by atoms with Crippen LogP contribution < -0.4 is 9.46 Å². The Balaban J connectivity index is 2.43. The van der Waals surface area contributed by atoms with Crippen LogP contribution in [0.2, 0.25) is 0 Å². The summed E-state index contributed by atoms with van der Waals surface area (Å²) >= 11 is 0. The first kappa shape index (κ1) is 16.3. The van der Waals surface area contributed by atoms with E-state index < -0.39 is 15.8 Å². The first-order valence-electron chi connectivity index (χ1n) is 6.67. The lowest BCUT2D eigenvalue weighted by Crippen LogP contribution is -2.18. The summed E-state index contributed by atoms with van der Waals surface area (Å²) in [5.74, 6) is -0.364. The normalized spacial score (nSPS) is 11.7. The van der Waals surface area contributed by atoms with Crippen LogP contribution in [0.25, 0.3) is 0 Å². The smallest absolute Gasteiger partial charge is 0.263 e. The van der Waals surface area contributed by atoms with E-state index in [1.807, 2.05) is 13.8 Å². The summed E-state index contributed by atoms with van der Waals surface area (Å²) in [6.07, 6.45) is 1.50. The van der Waals surface area contributed by atoms with Crippen molar-refractivity contribution in [3.63, 3.8) is 0 Å². The van der Waals surface area contributed by atoms with Crippen LogP contribution >= 0.6 is 0 Å². The van der Waals surface area contributed by atoms with E-state index in [-0.39, 0.29) is 22.3 Å². The fraction of sp³-hybridized carbons (Fsp3) is 0.357. The third-order valence-corrected chi connectivity index (χ3v) is 4.71. The molecule has 0 aliphatic rings. The standard InChI is InChI=1S/C14H18FN3O3S/c1-9(2)18-13(7-8-16-18)17-22(19,20)12-6-5-11(21-4)14(15)10(12)3/h5-9,17H,1-4H3. The highest BCUT2D eigenvalue weighted by atomic mass is 32.2. The SMILES string of the molecule is COc1ccc(S(=O)(=O)Nc2ccnn2C(C)C)c(C)c1F. The van der Waals surface area contributed by atoms with Gasteiger partial charge in [-0.2, -0.15) is 5.10 Å². The van der Waals surface area contributed by atoms with Crippen molar-refractivity contribution in [3.8, 4) is 5.75 Å². The molecule has 0 radical (unpaired) electrons. The molecular weight excluding hydrogens is 309 g/mol. The lowest BCUT2D eigenvalue weighted by atomic mass is 10.2. The second kappa shape index (κ2) is 5.96. The quantitative estimate of drug-likeness (QED) is 0.916. The molecule has 6 nitrogen and oxygen atoms in total. The molecule has 2 aromatic rings. The first-order valence-corrected chi connectivity index (χ1v) is 8.15. The molecule has 1 N–H and O–H groups in total. The van der Waals surface area contributed by atoms with E-state index >= 15 is 0 Å². The van der Waals surface area contributed by atoms with Crippen molar-refractivity contribution >= 4 is 15.8 Å².